The highest BCUT2D eigenvalue weighted by Crippen LogP contribution is 2.24. The van der Waals surface area contributed by atoms with Gasteiger partial charge >= 0.3 is 5.97 Å². The predicted octanol–water partition coefficient (Wildman–Crippen LogP) is 1.72. The molecule has 0 spiro atoms. The monoisotopic (exact) mass is 299 g/mol. The van der Waals surface area contributed by atoms with Crippen molar-refractivity contribution in [3.05, 3.63) is 33.9 Å². The standard InChI is InChI=1S/C13H17NO7/c1-19-7-8-20-5-2-6-21-10-3-4-12(14(17)18)11(9-10)13(15)16/h3-4,9H,2,5-8H2,1H3,(H,15,16). The van der Waals surface area contributed by atoms with Gasteiger partial charge in [-0.3, -0.25) is 10.1 Å². The second kappa shape index (κ2) is 8.88. The van der Waals surface area contributed by atoms with Crippen molar-refractivity contribution in [1.82, 2.24) is 0 Å². The van der Waals surface area contributed by atoms with E-state index in [2.05, 4.69) is 0 Å². The van der Waals surface area contributed by atoms with Gasteiger partial charge in [0.05, 0.1) is 24.7 Å². The number of carbonyl (C=O) groups is 1. The van der Waals surface area contributed by atoms with E-state index in [4.69, 9.17) is 19.3 Å². The summed E-state index contributed by atoms with van der Waals surface area (Å²) in [5.41, 5.74) is -0.855. The second-order valence-electron chi connectivity index (χ2n) is 4.05. The van der Waals surface area contributed by atoms with Gasteiger partial charge in [0.25, 0.3) is 5.69 Å². The van der Waals surface area contributed by atoms with Crippen LogP contribution in [-0.4, -0.2) is 49.5 Å². The van der Waals surface area contributed by atoms with E-state index in [0.717, 1.165) is 12.1 Å². The number of hydrogen-bond acceptors (Lipinski definition) is 6. The molecule has 1 aromatic rings. The molecular weight excluding hydrogens is 282 g/mol. The van der Waals surface area contributed by atoms with Crippen LogP contribution < -0.4 is 4.74 Å². The number of aromatic carboxylic acids is 1. The molecule has 0 aliphatic heterocycles. The molecule has 1 N–H and O–H groups in total. The van der Waals surface area contributed by atoms with Gasteiger partial charge in [-0.15, -0.1) is 0 Å². The quantitative estimate of drug-likeness (QED) is 0.398. The van der Waals surface area contributed by atoms with E-state index in [1.54, 1.807) is 7.11 Å². The average molecular weight is 299 g/mol. The van der Waals surface area contributed by atoms with Gasteiger partial charge in [0.2, 0.25) is 0 Å². The number of carboxylic acid groups (broad SMARTS) is 1. The average Bonchev–Trinajstić information content (AvgIpc) is 2.46. The molecule has 8 nitrogen and oxygen atoms in total. The third kappa shape index (κ3) is 5.76. The lowest BCUT2D eigenvalue weighted by atomic mass is 10.1. The van der Waals surface area contributed by atoms with E-state index in [1.807, 2.05) is 0 Å². The topological polar surface area (TPSA) is 108 Å². The molecule has 1 aromatic carbocycles. The van der Waals surface area contributed by atoms with Crippen molar-refractivity contribution in [2.75, 3.05) is 33.5 Å². The molecule has 0 saturated heterocycles. The first-order valence-electron chi connectivity index (χ1n) is 6.27. The summed E-state index contributed by atoms with van der Waals surface area (Å²) >= 11 is 0. The van der Waals surface area contributed by atoms with Crippen LogP contribution in [0.1, 0.15) is 16.8 Å². The van der Waals surface area contributed by atoms with Gasteiger partial charge in [-0.1, -0.05) is 0 Å². The van der Waals surface area contributed by atoms with Gasteiger partial charge in [-0.05, 0) is 6.07 Å². The van der Waals surface area contributed by atoms with E-state index in [9.17, 15) is 14.9 Å². The molecule has 1 rings (SSSR count). The molecule has 0 fully saturated rings. The van der Waals surface area contributed by atoms with E-state index in [1.165, 1.54) is 6.07 Å². The van der Waals surface area contributed by atoms with Crippen LogP contribution in [0.4, 0.5) is 5.69 Å². The molecule has 0 unspecified atom stereocenters. The van der Waals surface area contributed by atoms with Crippen LogP contribution in [0.3, 0.4) is 0 Å². The first-order valence-corrected chi connectivity index (χ1v) is 6.27. The highest BCUT2D eigenvalue weighted by molar-refractivity contribution is 5.92. The minimum atomic E-state index is -1.37. The minimum Gasteiger partial charge on any atom is -0.493 e. The molecule has 0 amide bonds. The Morgan fingerprint density at radius 2 is 2.05 bits per heavy atom. The molecule has 8 heteroatoms. The van der Waals surface area contributed by atoms with Crippen LogP contribution in [-0.2, 0) is 9.47 Å². The molecular formula is C13H17NO7. The Balaban J connectivity index is 2.47. The van der Waals surface area contributed by atoms with E-state index in [-0.39, 0.29) is 5.75 Å². The van der Waals surface area contributed by atoms with Crippen LogP contribution in [0.25, 0.3) is 0 Å². The second-order valence-corrected chi connectivity index (χ2v) is 4.05. The Bertz CT molecular complexity index is 489. The number of hydrogen-bond donors (Lipinski definition) is 1. The molecule has 0 heterocycles. The zero-order valence-corrected chi connectivity index (χ0v) is 11.6. The summed E-state index contributed by atoms with van der Waals surface area (Å²) < 4.78 is 15.4. The summed E-state index contributed by atoms with van der Waals surface area (Å²) in [6, 6.07) is 3.64. The number of benzene rings is 1. The summed E-state index contributed by atoms with van der Waals surface area (Å²) in [5.74, 6) is -1.09. The van der Waals surface area contributed by atoms with Crippen molar-refractivity contribution in [3.8, 4) is 5.75 Å². The molecule has 0 aromatic heterocycles. The van der Waals surface area contributed by atoms with Gasteiger partial charge < -0.3 is 19.3 Å². The van der Waals surface area contributed by atoms with Crippen molar-refractivity contribution in [2.24, 2.45) is 0 Å². The first kappa shape index (κ1) is 16.9. The van der Waals surface area contributed by atoms with E-state index < -0.39 is 22.1 Å². The molecule has 0 atom stereocenters. The van der Waals surface area contributed by atoms with Crippen molar-refractivity contribution in [1.29, 1.82) is 0 Å². The Kier molecular flexibility index (Phi) is 7.13. The summed E-state index contributed by atoms with van der Waals surface area (Å²) in [6.07, 6.45) is 0.614. The maximum absolute atomic E-state index is 11.0. The molecule has 0 aliphatic carbocycles. The van der Waals surface area contributed by atoms with Gasteiger partial charge in [0.15, 0.2) is 0 Å². The Hall–Kier alpha value is -2.19. The number of nitro benzene ring substituents is 1. The zero-order valence-electron chi connectivity index (χ0n) is 11.6. The van der Waals surface area contributed by atoms with Gasteiger partial charge in [0.1, 0.15) is 11.3 Å². The number of nitro groups is 1. The Morgan fingerprint density at radius 1 is 1.29 bits per heavy atom. The largest absolute Gasteiger partial charge is 0.493 e. The molecule has 21 heavy (non-hydrogen) atoms. The Labute approximate surface area is 121 Å². The maximum Gasteiger partial charge on any atom is 0.342 e. The third-order valence-corrected chi connectivity index (χ3v) is 2.53. The summed E-state index contributed by atoms with van der Waals surface area (Å²) in [6.45, 7) is 1.83. The summed E-state index contributed by atoms with van der Waals surface area (Å²) in [4.78, 5) is 20.9. The van der Waals surface area contributed by atoms with Crippen LogP contribution in [0.15, 0.2) is 18.2 Å². The summed E-state index contributed by atoms with van der Waals surface area (Å²) in [5, 5.41) is 19.6. The fourth-order valence-electron chi connectivity index (χ4n) is 1.53. The molecule has 0 bridgehead atoms. The minimum absolute atomic E-state index is 0.273. The molecule has 0 saturated carbocycles. The third-order valence-electron chi connectivity index (χ3n) is 2.53. The number of ether oxygens (including phenoxy) is 3. The van der Waals surface area contributed by atoms with Gasteiger partial charge in [-0.2, -0.15) is 0 Å². The van der Waals surface area contributed by atoms with Gasteiger partial charge in [-0.25, -0.2) is 4.79 Å². The van der Waals surface area contributed by atoms with Crippen LogP contribution in [0.2, 0.25) is 0 Å². The van der Waals surface area contributed by atoms with Crippen molar-refractivity contribution in [3.63, 3.8) is 0 Å². The van der Waals surface area contributed by atoms with E-state index >= 15 is 0 Å². The maximum atomic E-state index is 11.0. The highest BCUT2D eigenvalue weighted by atomic mass is 16.6. The molecule has 0 aliphatic rings. The fourth-order valence-corrected chi connectivity index (χ4v) is 1.53. The van der Waals surface area contributed by atoms with Crippen molar-refractivity contribution < 1.29 is 29.0 Å². The number of carboxylic acids is 1. The lowest BCUT2D eigenvalue weighted by Crippen LogP contribution is -2.07. The van der Waals surface area contributed by atoms with Crippen LogP contribution >= 0.6 is 0 Å². The first-order chi connectivity index (χ1) is 10.1. The van der Waals surface area contributed by atoms with Crippen molar-refractivity contribution >= 4 is 11.7 Å². The lowest BCUT2D eigenvalue weighted by Gasteiger charge is -2.07. The number of rotatable bonds is 10. The Morgan fingerprint density at radius 3 is 2.67 bits per heavy atom. The smallest absolute Gasteiger partial charge is 0.342 e. The SMILES string of the molecule is COCCOCCCOc1ccc([N+](=O)[O-])c(C(=O)O)c1. The highest BCUT2D eigenvalue weighted by Gasteiger charge is 2.20. The van der Waals surface area contributed by atoms with Crippen LogP contribution in [0.5, 0.6) is 5.75 Å². The number of nitrogens with zero attached hydrogens (tertiary/aromatic N) is 1. The molecule has 0 radical (unpaired) electrons. The van der Waals surface area contributed by atoms with Gasteiger partial charge in [0, 0.05) is 32.3 Å². The predicted molar refractivity (Wildman–Crippen MR) is 72.9 cm³/mol. The molecule has 116 valence electrons. The van der Waals surface area contributed by atoms with Crippen molar-refractivity contribution in [2.45, 2.75) is 6.42 Å². The number of methoxy groups -OCH3 is 1. The lowest BCUT2D eigenvalue weighted by molar-refractivity contribution is -0.385. The van der Waals surface area contributed by atoms with Crippen LogP contribution in [0, 0.1) is 10.1 Å². The normalized spacial score (nSPS) is 10.3. The van der Waals surface area contributed by atoms with E-state index in [0.29, 0.717) is 32.8 Å². The zero-order chi connectivity index (χ0) is 15.7. The summed E-state index contributed by atoms with van der Waals surface area (Å²) in [7, 11) is 1.58. The fraction of sp³-hybridized carbons (Fsp3) is 0.462.